The Bertz CT molecular complexity index is 647. The van der Waals surface area contributed by atoms with E-state index in [1.54, 1.807) is 6.20 Å². The van der Waals surface area contributed by atoms with E-state index >= 15 is 0 Å². The van der Waals surface area contributed by atoms with Gasteiger partial charge in [-0.3, -0.25) is 4.79 Å². The molecule has 0 spiro atoms. The lowest BCUT2D eigenvalue weighted by molar-refractivity contribution is -0.138. The van der Waals surface area contributed by atoms with Crippen LogP contribution in [0.15, 0.2) is 12.5 Å². The van der Waals surface area contributed by atoms with E-state index in [4.69, 9.17) is 11.6 Å². The fraction of sp³-hybridized carbons (Fsp3) is 0.600. The van der Waals surface area contributed by atoms with Crippen LogP contribution >= 0.6 is 11.6 Å². The maximum Gasteiger partial charge on any atom is 0.293 e. The first kappa shape index (κ1) is 17.6. The summed E-state index contributed by atoms with van der Waals surface area (Å²) in [6.07, 6.45) is 5.40. The molecule has 7 nitrogen and oxygen atoms in total. The lowest BCUT2D eigenvalue weighted by Gasteiger charge is -2.23. The van der Waals surface area contributed by atoms with Crippen LogP contribution < -0.4 is 5.32 Å². The molecule has 1 N–H and O–H groups in total. The second-order valence-electron chi connectivity index (χ2n) is 6.30. The number of ether oxygens (including phenoxy) is 1. The van der Waals surface area contributed by atoms with Crippen LogP contribution in [0.1, 0.15) is 39.7 Å². The van der Waals surface area contributed by atoms with E-state index in [9.17, 15) is 4.79 Å². The Labute approximate surface area is 140 Å². The molecule has 2 aromatic heterocycles. The van der Waals surface area contributed by atoms with Gasteiger partial charge in [-0.15, -0.1) is 0 Å². The van der Waals surface area contributed by atoms with Crippen LogP contribution in [0.2, 0.25) is 5.15 Å². The Hall–Kier alpha value is -1.73. The first-order valence-corrected chi connectivity index (χ1v) is 7.96. The Balaban J connectivity index is 0.000000236. The maximum absolute atomic E-state index is 9.60. The number of aromatic nitrogens is 4. The SMILES string of the molecule is CC(C)(C)OC=O.Clc1ncnc2c1cnn2C1CCNCC1. The number of piperidine rings is 1. The highest BCUT2D eigenvalue weighted by Crippen LogP contribution is 2.25. The monoisotopic (exact) mass is 339 g/mol. The molecule has 1 aliphatic rings. The lowest BCUT2D eigenvalue weighted by Crippen LogP contribution is -2.29. The Kier molecular flexibility index (Phi) is 5.90. The van der Waals surface area contributed by atoms with Gasteiger partial charge in [0, 0.05) is 0 Å². The van der Waals surface area contributed by atoms with E-state index in [0.29, 0.717) is 17.7 Å². The second kappa shape index (κ2) is 7.70. The van der Waals surface area contributed by atoms with E-state index in [0.717, 1.165) is 37.0 Å². The van der Waals surface area contributed by atoms with Crippen LogP contribution in [0.5, 0.6) is 0 Å². The second-order valence-corrected chi connectivity index (χ2v) is 6.66. The molecule has 0 amide bonds. The van der Waals surface area contributed by atoms with E-state index in [2.05, 4.69) is 25.1 Å². The highest BCUT2D eigenvalue weighted by Gasteiger charge is 2.19. The summed E-state index contributed by atoms with van der Waals surface area (Å²) in [5.74, 6) is 0. The molecule has 0 aromatic carbocycles. The average molecular weight is 340 g/mol. The molecule has 1 aliphatic heterocycles. The molecule has 3 rings (SSSR count). The molecular weight excluding hydrogens is 318 g/mol. The zero-order valence-electron chi connectivity index (χ0n) is 13.6. The minimum Gasteiger partial charge on any atom is -0.462 e. The molecule has 126 valence electrons. The Morgan fingerprint density at radius 3 is 2.61 bits per heavy atom. The summed E-state index contributed by atoms with van der Waals surface area (Å²) in [6.45, 7) is 7.99. The number of hydrogen-bond donors (Lipinski definition) is 1. The summed E-state index contributed by atoms with van der Waals surface area (Å²) in [5, 5.41) is 9.03. The highest BCUT2D eigenvalue weighted by molar-refractivity contribution is 6.33. The van der Waals surface area contributed by atoms with Gasteiger partial charge in [0.2, 0.25) is 0 Å². The molecule has 23 heavy (non-hydrogen) atoms. The van der Waals surface area contributed by atoms with Crippen molar-refractivity contribution in [1.29, 1.82) is 0 Å². The predicted molar refractivity (Wildman–Crippen MR) is 88.4 cm³/mol. The Morgan fingerprint density at radius 2 is 2.04 bits per heavy atom. The molecular formula is C15H22ClN5O2. The van der Waals surface area contributed by atoms with Gasteiger partial charge >= 0.3 is 0 Å². The minimum atomic E-state index is -0.318. The van der Waals surface area contributed by atoms with Gasteiger partial charge in [-0.25, -0.2) is 14.6 Å². The number of halogens is 1. The minimum absolute atomic E-state index is 0.318. The summed E-state index contributed by atoms with van der Waals surface area (Å²) < 4.78 is 6.52. The standard InChI is InChI=1S/C10H12ClN5.C5H10O2/c11-9-8-5-15-16(10(8)14-6-13-9)7-1-3-12-4-2-7;1-5(2,3)7-4-6/h5-7,12H,1-4H2;4H,1-3H3. The molecule has 0 aliphatic carbocycles. The van der Waals surface area contributed by atoms with Crippen molar-refractivity contribution in [2.24, 2.45) is 0 Å². The van der Waals surface area contributed by atoms with Crippen molar-refractivity contribution in [2.75, 3.05) is 13.1 Å². The van der Waals surface area contributed by atoms with Gasteiger partial charge < -0.3 is 10.1 Å². The number of carbonyl (C=O) groups is 1. The van der Waals surface area contributed by atoms with E-state index < -0.39 is 0 Å². The number of rotatable bonds is 2. The van der Waals surface area contributed by atoms with Crippen LogP contribution in [-0.2, 0) is 9.53 Å². The van der Waals surface area contributed by atoms with Crippen molar-refractivity contribution in [3.8, 4) is 0 Å². The van der Waals surface area contributed by atoms with E-state index in [-0.39, 0.29) is 5.60 Å². The average Bonchev–Trinajstić information content (AvgIpc) is 2.93. The van der Waals surface area contributed by atoms with Gasteiger partial charge in [-0.05, 0) is 46.7 Å². The topological polar surface area (TPSA) is 81.9 Å². The summed E-state index contributed by atoms with van der Waals surface area (Å²) in [4.78, 5) is 17.8. The first-order chi connectivity index (χ1) is 10.9. The number of hydrogen-bond acceptors (Lipinski definition) is 6. The third-order valence-electron chi connectivity index (χ3n) is 3.40. The van der Waals surface area contributed by atoms with Crippen molar-refractivity contribution in [3.63, 3.8) is 0 Å². The predicted octanol–water partition coefficient (Wildman–Crippen LogP) is 2.36. The van der Waals surface area contributed by atoms with Crippen LogP contribution in [0.3, 0.4) is 0 Å². The highest BCUT2D eigenvalue weighted by atomic mass is 35.5. The number of carbonyl (C=O) groups excluding carboxylic acids is 1. The Morgan fingerprint density at radius 1 is 1.35 bits per heavy atom. The van der Waals surface area contributed by atoms with Crippen molar-refractivity contribution in [3.05, 3.63) is 17.7 Å². The fourth-order valence-electron chi connectivity index (χ4n) is 2.30. The maximum atomic E-state index is 9.60. The molecule has 0 saturated carbocycles. The molecule has 1 saturated heterocycles. The van der Waals surface area contributed by atoms with Crippen molar-refractivity contribution < 1.29 is 9.53 Å². The summed E-state index contributed by atoms with van der Waals surface area (Å²) in [6, 6.07) is 0.421. The van der Waals surface area contributed by atoms with Crippen molar-refractivity contribution in [1.82, 2.24) is 25.1 Å². The van der Waals surface area contributed by atoms with Crippen LogP contribution in [0.25, 0.3) is 11.0 Å². The van der Waals surface area contributed by atoms with E-state index in [1.165, 1.54) is 6.33 Å². The molecule has 0 atom stereocenters. The van der Waals surface area contributed by atoms with Crippen molar-refractivity contribution in [2.45, 2.75) is 45.3 Å². The normalized spacial score (nSPS) is 15.8. The van der Waals surface area contributed by atoms with Gasteiger partial charge in [0.15, 0.2) is 5.65 Å². The molecule has 0 bridgehead atoms. The van der Waals surface area contributed by atoms with Gasteiger partial charge in [0.1, 0.15) is 17.1 Å². The van der Waals surface area contributed by atoms with E-state index in [1.807, 2.05) is 25.5 Å². The quantitative estimate of drug-likeness (QED) is 0.668. The fourth-order valence-corrected chi connectivity index (χ4v) is 2.47. The molecule has 2 aromatic rings. The largest absolute Gasteiger partial charge is 0.462 e. The summed E-state index contributed by atoms with van der Waals surface area (Å²) in [5.41, 5.74) is 0.522. The van der Waals surface area contributed by atoms with Crippen molar-refractivity contribution >= 4 is 29.1 Å². The summed E-state index contributed by atoms with van der Waals surface area (Å²) >= 11 is 5.99. The molecule has 0 unspecified atom stereocenters. The van der Waals surface area contributed by atoms with Crippen LogP contribution in [0.4, 0.5) is 0 Å². The third kappa shape index (κ3) is 4.87. The molecule has 0 radical (unpaired) electrons. The zero-order valence-corrected chi connectivity index (χ0v) is 14.4. The zero-order chi connectivity index (χ0) is 16.9. The molecule has 3 heterocycles. The van der Waals surface area contributed by atoms with Crippen LogP contribution in [-0.4, -0.2) is 44.9 Å². The number of nitrogens with zero attached hydrogens (tertiary/aromatic N) is 4. The smallest absolute Gasteiger partial charge is 0.293 e. The molecule has 1 fully saturated rings. The van der Waals surface area contributed by atoms with Gasteiger partial charge in [-0.1, -0.05) is 11.6 Å². The lowest BCUT2D eigenvalue weighted by atomic mass is 10.1. The van der Waals surface area contributed by atoms with Gasteiger partial charge in [0.05, 0.1) is 17.6 Å². The number of fused-ring (bicyclic) bond motifs is 1. The molecule has 8 heteroatoms. The third-order valence-corrected chi connectivity index (χ3v) is 3.70. The number of nitrogens with one attached hydrogen (secondary N) is 1. The first-order valence-electron chi connectivity index (χ1n) is 7.58. The summed E-state index contributed by atoms with van der Waals surface area (Å²) in [7, 11) is 0. The van der Waals surface area contributed by atoms with Gasteiger partial charge in [-0.2, -0.15) is 5.10 Å². The van der Waals surface area contributed by atoms with Gasteiger partial charge in [0.25, 0.3) is 6.47 Å². The van der Waals surface area contributed by atoms with Crippen LogP contribution in [0, 0.1) is 0 Å².